The Balaban J connectivity index is 1.04. The molecule has 218 valence electrons. The van der Waals surface area contributed by atoms with Gasteiger partial charge in [-0.3, -0.25) is 9.72 Å². The number of rotatable bonds is 7. The van der Waals surface area contributed by atoms with Crippen LogP contribution < -0.4 is 10.6 Å². The van der Waals surface area contributed by atoms with Gasteiger partial charge in [0.25, 0.3) is 0 Å². The van der Waals surface area contributed by atoms with Gasteiger partial charge in [-0.1, -0.05) is 38.1 Å². The number of amides is 2. The molecule has 7 rings (SSSR count). The topological polar surface area (TPSA) is 92.6 Å². The Labute approximate surface area is 249 Å². The second-order valence-corrected chi connectivity index (χ2v) is 13.5. The molecular formula is C32H37N7O2S. The molecule has 2 aliphatic rings. The summed E-state index contributed by atoms with van der Waals surface area (Å²) in [7, 11) is 0. The highest BCUT2D eigenvalue weighted by Gasteiger charge is 2.25. The predicted molar refractivity (Wildman–Crippen MR) is 167 cm³/mol. The van der Waals surface area contributed by atoms with Crippen LogP contribution in [0.15, 0.2) is 53.4 Å². The zero-order valence-corrected chi connectivity index (χ0v) is 25.3. The largest absolute Gasteiger partial charge is 0.359 e. The van der Waals surface area contributed by atoms with Crippen molar-refractivity contribution in [3.8, 4) is 22.5 Å². The fourth-order valence-corrected chi connectivity index (χ4v) is 7.11. The van der Waals surface area contributed by atoms with E-state index in [2.05, 4.69) is 48.2 Å². The second kappa shape index (κ2) is 10.7. The van der Waals surface area contributed by atoms with E-state index in [1.54, 1.807) is 17.4 Å². The van der Waals surface area contributed by atoms with Gasteiger partial charge in [0.15, 0.2) is 10.8 Å². The lowest BCUT2D eigenvalue weighted by atomic mass is 9.93. The van der Waals surface area contributed by atoms with Gasteiger partial charge in [-0.05, 0) is 69.4 Å². The van der Waals surface area contributed by atoms with E-state index >= 15 is 0 Å². The van der Waals surface area contributed by atoms with Crippen molar-refractivity contribution in [2.45, 2.75) is 64.8 Å². The first kappa shape index (κ1) is 27.0. The number of hydrogen-bond acceptors (Lipinski definition) is 6. The molecule has 1 aromatic carbocycles. The maximum Gasteiger partial charge on any atom is 0.324 e. The lowest BCUT2D eigenvalue weighted by molar-refractivity contribution is 0.262. The number of imidazole rings is 1. The smallest absolute Gasteiger partial charge is 0.324 e. The highest BCUT2D eigenvalue weighted by molar-refractivity contribution is 7.17. The predicted octanol–water partition coefficient (Wildman–Crippen LogP) is 7.05. The number of likely N-dealkylation sites (tertiary alicyclic amines) is 1. The van der Waals surface area contributed by atoms with E-state index in [4.69, 9.17) is 9.51 Å². The number of aryl methyl sites for hydroxylation is 3. The van der Waals surface area contributed by atoms with Gasteiger partial charge in [-0.15, -0.1) is 11.3 Å². The summed E-state index contributed by atoms with van der Waals surface area (Å²) in [6.45, 7) is 10.9. The van der Waals surface area contributed by atoms with Crippen molar-refractivity contribution in [2.24, 2.45) is 0 Å². The van der Waals surface area contributed by atoms with Crippen LogP contribution in [0.5, 0.6) is 0 Å². The SMILES string of the molecule is CC(C)(C)c1cc(NC(=O)Nc2ccc(-c3cn4c5c(sc4n3)CCc3cn(CCCN4CCCC4)cc3-5)cc2)no1. The van der Waals surface area contributed by atoms with Gasteiger partial charge < -0.3 is 19.3 Å². The Kier molecular flexibility index (Phi) is 6.90. The molecule has 0 atom stereocenters. The van der Waals surface area contributed by atoms with Crippen LogP contribution in [0.2, 0.25) is 0 Å². The fourth-order valence-electron chi connectivity index (χ4n) is 6.00. The van der Waals surface area contributed by atoms with Crippen LogP contribution in [-0.2, 0) is 24.8 Å². The summed E-state index contributed by atoms with van der Waals surface area (Å²) in [6.07, 6.45) is 12.9. The molecule has 0 spiro atoms. The van der Waals surface area contributed by atoms with Gasteiger partial charge in [0.1, 0.15) is 5.76 Å². The van der Waals surface area contributed by atoms with Crippen LogP contribution in [0.4, 0.5) is 16.3 Å². The molecule has 1 aliphatic heterocycles. The fraction of sp³-hybridized carbons (Fsp3) is 0.406. The van der Waals surface area contributed by atoms with Crippen LogP contribution in [-0.4, -0.2) is 49.7 Å². The van der Waals surface area contributed by atoms with Crippen molar-refractivity contribution < 1.29 is 9.32 Å². The van der Waals surface area contributed by atoms with Crippen molar-refractivity contribution in [3.05, 3.63) is 65.1 Å². The first-order chi connectivity index (χ1) is 20.3. The summed E-state index contributed by atoms with van der Waals surface area (Å²) in [6, 6.07) is 9.14. The number of fused-ring (bicyclic) bond motifs is 5. The minimum absolute atomic E-state index is 0.180. The molecule has 5 heterocycles. The Hall–Kier alpha value is -3.89. The molecule has 0 saturated carbocycles. The first-order valence-corrected chi connectivity index (χ1v) is 15.7. The van der Waals surface area contributed by atoms with Gasteiger partial charge >= 0.3 is 6.03 Å². The Morgan fingerprint density at radius 3 is 2.60 bits per heavy atom. The third kappa shape index (κ3) is 5.36. The molecule has 1 saturated heterocycles. The summed E-state index contributed by atoms with van der Waals surface area (Å²) in [4.78, 5) is 22.5. The molecule has 0 radical (unpaired) electrons. The van der Waals surface area contributed by atoms with E-state index in [0.29, 0.717) is 17.3 Å². The van der Waals surface area contributed by atoms with Crippen molar-refractivity contribution in [3.63, 3.8) is 0 Å². The standard InChI is InChI=1S/C32H37N7O2S/c1-32(2,3)27-17-28(36-41-27)35-30(40)33-23-10-7-21(8-11-23)25-20-39-29-24-19-38(16-6-15-37-13-4-5-14-37)18-22(24)9-12-26(29)42-31(39)34-25/h7-8,10-11,17-20H,4-6,9,12-16H2,1-3H3,(H2,33,35,36,40). The normalized spacial score (nSPS) is 15.2. The lowest BCUT2D eigenvalue weighted by Crippen LogP contribution is -2.21. The molecule has 0 unspecified atom stereocenters. The van der Waals surface area contributed by atoms with Gasteiger partial charge in [-0.2, -0.15) is 0 Å². The maximum atomic E-state index is 12.5. The highest BCUT2D eigenvalue weighted by atomic mass is 32.1. The number of aromatic nitrogens is 4. The second-order valence-electron chi connectivity index (χ2n) is 12.5. The Morgan fingerprint density at radius 1 is 1.02 bits per heavy atom. The number of hydrogen-bond donors (Lipinski definition) is 2. The molecule has 5 aromatic rings. The number of carbonyl (C=O) groups excluding carboxylic acids is 1. The monoisotopic (exact) mass is 583 g/mol. The number of urea groups is 1. The van der Waals surface area contributed by atoms with E-state index in [9.17, 15) is 4.79 Å². The highest BCUT2D eigenvalue weighted by Crippen LogP contribution is 2.40. The molecule has 9 nitrogen and oxygen atoms in total. The van der Waals surface area contributed by atoms with Crippen LogP contribution in [0.3, 0.4) is 0 Å². The summed E-state index contributed by atoms with van der Waals surface area (Å²) in [5.41, 5.74) is 6.52. The number of thiazole rings is 1. The molecule has 42 heavy (non-hydrogen) atoms. The zero-order valence-electron chi connectivity index (χ0n) is 24.4. The van der Waals surface area contributed by atoms with E-state index in [-0.39, 0.29) is 11.4 Å². The first-order valence-electron chi connectivity index (χ1n) is 14.9. The molecule has 1 fully saturated rings. The van der Waals surface area contributed by atoms with E-state index in [0.717, 1.165) is 35.6 Å². The zero-order chi connectivity index (χ0) is 28.8. The minimum Gasteiger partial charge on any atom is -0.359 e. The molecule has 2 N–H and O–H groups in total. The summed E-state index contributed by atoms with van der Waals surface area (Å²) in [5, 5.41) is 9.54. The van der Waals surface area contributed by atoms with Gasteiger partial charge in [0, 0.05) is 58.3 Å². The Bertz CT molecular complexity index is 1730. The average molecular weight is 584 g/mol. The number of nitrogens with one attached hydrogen (secondary N) is 2. The third-order valence-corrected chi connectivity index (χ3v) is 9.37. The van der Waals surface area contributed by atoms with Crippen LogP contribution >= 0.6 is 11.3 Å². The van der Waals surface area contributed by atoms with Gasteiger partial charge in [0.2, 0.25) is 0 Å². The van der Waals surface area contributed by atoms with Crippen molar-refractivity contribution >= 4 is 33.8 Å². The quantitative estimate of drug-likeness (QED) is 0.214. The van der Waals surface area contributed by atoms with Crippen molar-refractivity contribution in [1.82, 2.24) is 24.0 Å². The maximum absolute atomic E-state index is 12.5. The molecule has 1 aliphatic carbocycles. The molecule has 2 amide bonds. The number of nitrogens with zero attached hydrogens (tertiary/aromatic N) is 5. The number of anilines is 2. The molecule has 10 heteroatoms. The molecule has 0 bridgehead atoms. The van der Waals surface area contributed by atoms with Gasteiger partial charge in [0.05, 0.1) is 11.4 Å². The van der Waals surface area contributed by atoms with Crippen LogP contribution in [0, 0.1) is 0 Å². The molecule has 4 aromatic heterocycles. The minimum atomic E-state index is -0.371. The van der Waals surface area contributed by atoms with Gasteiger partial charge in [-0.25, -0.2) is 9.78 Å². The lowest BCUT2D eigenvalue weighted by Gasteiger charge is -2.14. The Morgan fingerprint density at radius 2 is 1.83 bits per heavy atom. The van der Waals surface area contributed by atoms with E-state index < -0.39 is 0 Å². The van der Waals surface area contributed by atoms with E-state index in [1.807, 2.05) is 45.0 Å². The van der Waals surface area contributed by atoms with Crippen molar-refractivity contribution in [1.29, 1.82) is 0 Å². The van der Waals surface area contributed by atoms with E-state index in [1.165, 1.54) is 60.6 Å². The summed E-state index contributed by atoms with van der Waals surface area (Å²) >= 11 is 1.80. The van der Waals surface area contributed by atoms with Crippen LogP contribution in [0.25, 0.3) is 27.5 Å². The van der Waals surface area contributed by atoms with Crippen molar-refractivity contribution in [2.75, 3.05) is 30.3 Å². The number of carbonyl (C=O) groups is 1. The van der Waals surface area contributed by atoms with Crippen LogP contribution in [0.1, 0.15) is 56.2 Å². The average Bonchev–Trinajstić information content (AvgIpc) is 3.76. The third-order valence-electron chi connectivity index (χ3n) is 8.25. The summed E-state index contributed by atoms with van der Waals surface area (Å²) < 4.78 is 10.0. The number of benzene rings is 1. The summed E-state index contributed by atoms with van der Waals surface area (Å²) in [5.74, 6) is 1.10. The molecular weight excluding hydrogens is 546 g/mol.